The topological polar surface area (TPSA) is 70.6 Å². The molecule has 1 aromatic rings. The van der Waals surface area contributed by atoms with Gasteiger partial charge in [-0.2, -0.15) is 5.10 Å². The zero-order valence-electron chi connectivity index (χ0n) is 11.5. The third-order valence-corrected chi connectivity index (χ3v) is 2.52. The second-order valence-corrected chi connectivity index (χ2v) is 5.16. The molecule has 6 heteroatoms. The Morgan fingerprint density at radius 2 is 2.10 bits per heavy atom. The highest BCUT2D eigenvalue weighted by atomic mass is 35.5. The largest absolute Gasteiger partial charge is 0.355 e. The van der Waals surface area contributed by atoms with E-state index in [2.05, 4.69) is 15.8 Å². The summed E-state index contributed by atoms with van der Waals surface area (Å²) in [5.74, 6) is -0.415. The Kier molecular flexibility index (Phi) is 6.73. The molecule has 0 aromatic heterocycles. The summed E-state index contributed by atoms with van der Waals surface area (Å²) in [5, 5.41) is 7.02. The number of rotatable bonds is 6. The van der Waals surface area contributed by atoms with Crippen molar-refractivity contribution < 1.29 is 9.59 Å². The number of nitrogens with one attached hydrogen (secondary N) is 2. The minimum absolute atomic E-state index is 0.237. The summed E-state index contributed by atoms with van der Waals surface area (Å²) in [7, 11) is 0. The number of nitrogens with zero attached hydrogens (tertiary/aromatic N) is 1. The van der Waals surface area contributed by atoms with E-state index in [0.717, 1.165) is 5.56 Å². The van der Waals surface area contributed by atoms with Gasteiger partial charge < -0.3 is 5.32 Å². The maximum absolute atomic E-state index is 11.4. The van der Waals surface area contributed by atoms with Crippen molar-refractivity contribution in [1.82, 2.24) is 10.7 Å². The van der Waals surface area contributed by atoms with Crippen LogP contribution >= 0.6 is 11.6 Å². The van der Waals surface area contributed by atoms with Gasteiger partial charge in [0, 0.05) is 11.6 Å². The first-order chi connectivity index (χ1) is 9.47. The van der Waals surface area contributed by atoms with Crippen molar-refractivity contribution in [3.05, 3.63) is 34.9 Å². The second kappa shape index (κ2) is 8.32. The van der Waals surface area contributed by atoms with Crippen LogP contribution in [0.3, 0.4) is 0 Å². The van der Waals surface area contributed by atoms with Gasteiger partial charge in [0.1, 0.15) is 6.42 Å². The zero-order chi connectivity index (χ0) is 15.0. The number of benzene rings is 1. The Balaban J connectivity index is 2.34. The second-order valence-electron chi connectivity index (χ2n) is 4.72. The summed E-state index contributed by atoms with van der Waals surface area (Å²) >= 11 is 5.81. The van der Waals surface area contributed by atoms with Gasteiger partial charge in [-0.25, -0.2) is 5.43 Å². The molecule has 0 atom stereocenters. The Morgan fingerprint density at radius 3 is 2.75 bits per heavy atom. The lowest BCUT2D eigenvalue weighted by Gasteiger charge is -2.06. The van der Waals surface area contributed by atoms with E-state index < -0.39 is 5.91 Å². The Hall–Kier alpha value is -1.88. The van der Waals surface area contributed by atoms with Crippen LogP contribution in [-0.4, -0.2) is 24.6 Å². The predicted molar refractivity (Wildman–Crippen MR) is 79.7 cm³/mol. The molecule has 1 aromatic carbocycles. The molecule has 2 N–H and O–H groups in total. The fourth-order valence-corrected chi connectivity index (χ4v) is 1.53. The van der Waals surface area contributed by atoms with E-state index in [1.807, 2.05) is 13.8 Å². The minimum Gasteiger partial charge on any atom is -0.355 e. The molecule has 0 aliphatic heterocycles. The Labute approximate surface area is 123 Å². The van der Waals surface area contributed by atoms with E-state index in [4.69, 9.17) is 11.6 Å². The molecule has 5 nitrogen and oxygen atoms in total. The molecule has 108 valence electrons. The van der Waals surface area contributed by atoms with Crippen LogP contribution < -0.4 is 10.7 Å². The van der Waals surface area contributed by atoms with E-state index in [9.17, 15) is 9.59 Å². The molecule has 20 heavy (non-hydrogen) atoms. The SMILES string of the molecule is CC(C)CNC(=O)CC(=O)N/N=C\c1cccc(Cl)c1. The van der Waals surface area contributed by atoms with E-state index in [-0.39, 0.29) is 12.3 Å². The van der Waals surface area contributed by atoms with Crippen LogP contribution in [0.5, 0.6) is 0 Å². The van der Waals surface area contributed by atoms with Gasteiger partial charge in [-0.1, -0.05) is 37.6 Å². The maximum Gasteiger partial charge on any atom is 0.249 e. The van der Waals surface area contributed by atoms with Crippen LogP contribution in [0.4, 0.5) is 0 Å². The lowest BCUT2D eigenvalue weighted by Crippen LogP contribution is -2.32. The van der Waals surface area contributed by atoms with E-state index in [1.165, 1.54) is 6.21 Å². The highest BCUT2D eigenvalue weighted by Gasteiger charge is 2.08. The molecule has 2 amide bonds. The molecule has 0 fully saturated rings. The summed E-state index contributed by atoms with van der Waals surface area (Å²) in [6.07, 6.45) is 1.23. The molecule has 0 bridgehead atoms. The van der Waals surface area contributed by atoms with E-state index in [1.54, 1.807) is 24.3 Å². The highest BCUT2D eigenvalue weighted by molar-refractivity contribution is 6.30. The number of halogens is 1. The van der Waals surface area contributed by atoms with Gasteiger partial charge in [-0.3, -0.25) is 9.59 Å². The van der Waals surface area contributed by atoms with Crippen molar-refractivity contribution in [3.63, 3.8) is 0 Å². The smallest absolute Gasteiger partial charge is 0.249 e. The average Bonchev–Trinajstić information content (AvgIpc) is 2.36. The molecular formula is C14H18ClN3O2. The third kappa shape index (κ3) is 6.89. The third-order valence-electron chi connectivity index (χ3n) is 2.28. The number of hydrazone groups is 1. The summed E-state index contributed by atoms with van der Waals surface area (Å²) in [6.45, 7) is 4.52. The first-order valence-electron chi connectivity index (χ1n) is 6.31. The van der Waals surface area contributed by atoms with Gasteiger partial charge in [0.15, 0.2) is 0 Å². The van der Waals surface area contributed by atoms with Crippen molar-refractivity contribution in [3.8, 4) is 0 Å². The lowest BCUT2D eigenvalue weighted by molar-refractivity contribution is -0.129. The van der Waals surface area contributed by atoms with Crippen molar-refractivity contribution >= 4 is 29.6 Å². The van der Waals surface area contributed by atoms with Crippen LogP contribution in [-0.2, 0) is 9.59 Å². The van der Waals surface area contributed by atoms with Gasteiger partial charge in [-0.05, 0) is 23.6 Å². The van der Waals surface area contributed by atoms with Gasteiger partial charge in [0.25, 0.3) is 0 Å². The predicted octanol–water partition coefficient (Wildman–Crippen LogP) is 1.95. The van der Waals surface area contributed by atoms with Crippen molar-refractivity contribution in [2.75, 3.05) is 6.54 Å². The first-order valence-corrected chi connectivity index (χ1v) is 6.69. The summed E-state index contributed by atoms with van der Waals surface area (Å²) in [6, 6.07) is 7.05. The molecule has 0 saturated heterocycles. The normalized spacial score (nSPS) is 10.8. The molecule has 0 aliphatic rings. The van der Waals surface area contributed by atoms with Gasteiger partial charge in [0.05, 0.1) is 6.21 Å². The van der Waals surface area contributed by atoms with Gasteiger partial charge >= 0.3 is 0 Å². The van der Waals surface area contributed by atoms with Crippen LogP contribution in [0.2, 0.25) is 5.02 Å². The molecular weight excluding hydrogens is 278 g/mol. The number of carbonyl (C=O) groups is 2. The van der Waals surface area contributed by atoms with E-state index in [0.29, 0.717) is 17.5 Å². The summed E-state index contributed by atoms with van der Waals surface area (Å²) in [4.78, 5) is 22.8. The average molecular weight is 296 g/mol. The maximum atomic E-state index is 11.4. The highest BCUT2D eigenvalue weighted by Crippen LogP contribution is 2.08. The Bertz CT molecular complexity index is 501. The van der Waals surface area contributed by atoms with Gasteiger partial charge in [-0.15, -0.1) is 0 Å². The van der Waals surface area contributed by atoms with Crippen LogP contribution in [0.1, 0.15) is 25.8 Å². The van der Waals surface area contributed by atoms with Crippen LogP contribution in [0, 0.1) is 5.92 Å². The fourth-order valence-electron chi connectivity index (χ4n) is 1.33. The van der Waals surface area contributed by atoms with Crippen molar-refractivity contribution in [2.45, 2.75) is 20.3 Å². The van der Waals surface area contributed by atoms with Crippen molar-refractivity contribution in [1.29, 1.82) is 0 Å². The van der Waals surface area contributed by atoms with Crippen LogP contribution in [0.15, 0.2) is 29.4 Å². The molecule has 0 radical (unpaired) electrons. The lowest BCUT2D eigenvalue weighted by atomic mass is 10.2. The fraction of sp³-hybridized carbons (Fsp3) is 0.357. The minimum atomic E-state index is -0.454. The number of hydrogen-bond donors (Lipinski definition) is 2. The molecule has 0 heterocycles. The monoisotopic (exact) mass is 295 g/mol. The molecule has 0 unspecified atom stereocenters. The molecule has 0 aliphatic carbocycles. The van der Waals surface area contributed by atoms with Crippen molar-refractivity contribution in [2.24, 2.45) is 11.0 Å². The first kappa shape index (κ1) is 16.2. The van der Waals surface area contributed by atoms with E-state index >= 15 is 0 Å². The summed E-state index contributed by atoms with van der Waals surface area (Å²) < 4.78 is 0. The van der Waals surface area contributed by atoms with Gasteiger partial charge in [0.2, 0.25) is 11.8 Å². The van der Waals surface area contributed by atoms with Crippen LogP contribution in [0.25, 0.3) is 0 Å². The number of hydrogen-bond acceptors (Lipinski definition) is 3. The molecule has 0 saturated carbocycles. The Morgan fingerprint density at radius 1 is 1.35 bits per heavy atom. The molecule has 1 rings (SSSR count). The molecule has 0 spiro atoms. The summed E-state index contributed by atoms with van der Waals surface area (Å²) in [5.41, 5.74) is 3.06. The quantitative estimate of drug-likeness (QED) is 0.478. The standard InChI is InChI=1S/C14H18ClN3O2/c1-10(2)8-16-13(19)7-14(20)18-17-9-11-4-3-5-12(15)6-11/h3-6,9-10H,7-8H2,1-2H3,(H,16,19)(H,18,20)/b17-9-. The zero-order valence-corrected chi connectivity index (χ0v) is 12.3. The number of amides is 2. The number of carbonyl (C=O) groups excluding carboxylic acids is 2.